The van der Waals surface area contributed by atoms with Gasteiger partial charge in [-0.15, -0.1) is 0 Å². The van der Waals surface area contributed by atoms with Gasteiger partial charge in [0.25, 0.3) is 0 Å². The van der Waals surface area contributed by atoms with E-state index in [0.717, 1.165) is 38.4 Å². The van der Waals surface area contributed by atoms with E-state index < -0.39 is 0 Å². The number of carbonyl (C=O) groups is 1. The second-order valence-electron chi connectivity index (χ2n) is 4.63. The highest BCUT2D eigenvalue weighted by atomic mass is 16.2. The lowest BCUT2D eigenvalue weighted by atomic mass is 9.97. The predicted molar refractivity (Wildman–Crippen MR) is 56.0 cm³/mol. The van der Waals surface area contributed by atoms with Gasteiger partial charge in [-0.3, -0.25) is 4.79 Å². The third kappa shape index (κ3) is 2.08. The van der Waals surface area contributed by atoms with Gasteiger partial charge in [-0.05, 0) is 45.2 Å². The molecule has 14 heavy (non-hydrogen) atoms. The zero-order valence-corrected chi connectivity index (χ0v) is 8.96. The van der Waals surface area contributed by atoms with Gasteiger partial charge in [0.1, 0.15) is 0 Å². The first-order valence-corrected chi connectivity index (χ1v) is 5.77. The lowest BCUT2D eigenvalue weighted by Crippen LogP contribution is -2.39. The van der Waals surface area contributed by atoms with Crippen LogP contribution < -0.4 is 5.32 Å². The fraction of sp³-hybridized carbons (Fsp3) is 0.909. The summed E-state index contributed by atoms with van der Waals surface area (Å²) in [7, 11) is 0. The zero-order chi connectivity index (χ0) is 9.97. The van der Waals surface area contributed by atoms with Gasteiger partial charge in [0, 0.05) is 19.0 Å². The maximum Gasteiger partial charge on any atom is 0.222 e. The fourth-order valence-electron chi connectivity index (χ4n) is 2.50. The Kier molecular flexibility index (Phi) is 3.06. The Morgan fingerprint density at radius 1 is 1.36 bits per heavy atom. The predicted octanol–water partition coefficient (Wildman–Crippen LogP) is 0.997. The molecule has 80 valence electrons. The van der Waals surface area contributed by atoms with Crippen molar-refractivity contribution in [1.82, 2.24) is 10.2 Å². The van der Waals surface area contributed by atoms with Crippen LogP contribution in [0.5, 0.6) is 0 Å². The summed E-state index contributed by atoms with van der Waals surface area (Å²) in [6, 6.07) is 0.484. The van der Waals surface area contributed by atoms with Crippen molar-refractivity contribution in [3.05, 3.63) is 0 Å². The molecule has 2 aliphatic rings. The van der Waals surface area contributed by atoms with Crippen LogP contribution in [0.3, 0.4) is 0 Å². The largest absolute Gasteiger partial charge is 0.340 e. The van der Waals surface area contributed by atoms with Crippen molar-refractivity contribution in [2.45, 2.75) is 38.6 Å². The molecule has 2 saturated heterocycles. The molecular weight excluding hydrogens is 176 g/mol. The Bertz CT molecular complexity index is 211. The van der Waals surface area contributed by atoms with Crippen molar-refractivity contribution in [3.8, 4) is 0 Å². The Morgan fingerprint density at radius 3 is 2.64 bits per heavy atom. The first kappa shape index (κ1) is 9.97. The van der Waals surface area contributed by atoms with Crippen LogP contribution in [0.15, 0.2) is 0 Å². The molecule has 0 aromatic heterocycles. The standard InChI is InChI=1S/C11H20N2O/c1-9-2-3-11(14)13(9)8-10-4-6-12-7-5-10/h9-10,12H,2-8H2,1H3. The number of piperidine rings is 1. The van der Waals surface area contributed by atoms with Gasteiger partial charge in [0.15, 0.2) is 0 Å². The SMILES string of the molecule is CC1CCC(=O)N1CC1CCNCC1. The van der Waals surface area contributed by atoms with Gasteiger partial charge in [0.05, 0.1) is 0 Å². The summed E-state index contributed by atoms with van der Waals surface area (Å²) in [6.07, 6.45) is 4.29. The first-order chi connectivity index (χ1) is 6.77. The second-order valence-corrected chi connectivity index (χ2v) is 4.63. The molecule has 0 aliphatic carbocycles. The average molecular weight is 196 g/mol. The van der Waals surface area contributed by atoms with E-state index in [1.165, 1.54) is 12.8 Å². The molecule has 0 radical (unpaired) electrons. The van der Waals surface area contributed by atoms with Crippen LogP contribution in [-0.4, -0.2) is 36.5 Å². The maximum atomic E-state index is 11.6. The van der Waals surface area contributed by atoms with E-state index in [1.807, 2.05) is 0 Å². The van der Waals surface area contributed by atoms with Crippen LogP contribution in [0.25, 0.3) is 0 Å². The topological polar surface area (TPSA) is 32.3 Å². The first-order valence-electron chi connectivity index (χ1n) is 5.77. The van der Waals surface area contributed by atoms with Crippen LogP contribution in [0.1, 0.15) is 32.6 Å². The van der Waals surface area contributed by atoms with Crippen molar-refractivity contribution in [3.63, 3.8) is 0 Å². The van der Waals surface area contributed by atoms with E-state index in [9.17, 15) is 4.79 Å². The molecule has 0 bridgehead atoms. The van der Waals surface area contributed by atoms with Crippen LogP contribution >= 0.6 is 0 Å². The van der Waals surface area contributed by atoms with Gasteiger partial charge < -0.3 is 10.2 Å². The molecule has 0 saturated carbocycles. The summed E-state index contributed by atoms with van der Waals surface area (Å²) in [5.74, 6) is 1.11. The third-order valence-corrected chi connectivity index (χ3v) is 3.54. The molecule has 0 aromatic carbocycles. The molecule has 2 heterocycles. The highest BCUT2D eigenvalue weighted by Crippen LogP contribution is 2.22. The van der Waals surface area contributed by atoms with E-state index >= 15 is 0 Å². The lowest BCUT2D eigenvalue weighted by Gasteiger charge is -2.29. The van der Waals surface area contributed by atoms with Crippen LogP contribution in [0.2, 0.25) is 0 Å². The molecule has 1 unspecified atom stereocenters. The molecule has 1 amide bonds. The Hall–Kier alpha value is -0.570. The molecule has 2 fully saturated rings. The Balaban J connectivity index is 1.85. The molecule has 3 nitrogen and oxygen atoms in total. The van der Waals surface area contributed by atoms with Crippen LogP contribution in [0, 0.1) is 5.92 Å². The Labute approximate surface area is 85.8 Å². The van der Waals surface area contributed by atoms with Crippen molar-refractivity contribution in [2.24, 2.45) is 5.92 Å². The molecule has 3 heteroatoms. The third-order valence-electron chi connectivity index (χ3n) is 3.54. The number of amides is 1. The molecule has 2 aliphatic heterocycles. The molecular formula is C11H20N2O. The smallest absolute Gasteiger partial charge is 0.222 e. The van der Waals surface area contributed by atoms with Crippen LogP contribution in [0.4, 0.5) is 0 Å². The van der Waals surface area contributed by atoms with E-state index in [0.29, 0.717) is 11.9 Å². The highest BCUT2D eigenvalue weighted by Gasteiger charge is 2.29. The van der Waals surface area contributed by atoms with Crippen molar-refractivity contribution in [2.75, 3.05) is 19.6 Å². The Morgan fingerprint density at radius 2 is 2.07 bits per heavy atom. The number of hydrogen-bond acceptors (Lipinski definition) is 2. The van der Waals surface area contributed by atoms with E-state index in [2.05, 4.69) is 17.1 Å². The lowest BCUT2D eigenvalue weighted by molar-refractivity contribution is -0.129. The summed E-state index contributed by atoms with van der Waals surface area (Å²) < 4.78 is 0. The summed E-state index contributed by atoms with van der Waals surface area (Å²) in [5, 5.41) is 3.36. The number of hydrogen-bond donors (Lipinski definition) is 1. The van der Waals surface area contributed by atoms with Gasteiger partial charge in [0.2, 0.25) is 5.91 Å². The molecule has 0 spiro atoms. The summed E-state index contributed by atoms with van der Waals surface area (Å²) in [5.41, 5.74) is 0. The zero-order valence-electron chi connectivity index (χ0n) is 8.96. The maximum absolute atomic E-state index is 11.6. The van der Waals surface area contributed by atoms with E-state index in [1.54, 1.807) is 0 Å². The summed E-state index contributed by atoms with van der Waals surface area (Å²) in [6.45, 7) is 5.43. The highest BCUT2D eigenvalue weighted by molar-refractivity contribution is 5.78. The van der Waals surface area contributed by atoms with Gasteiger partial charge >= 0.3 is 0 Å². The average Bonchev–Trinajstić information content (AvgIpc) is 2.51. The van der Waals surface area contributed by atoms with E-state index in [4.69, 9.17) is 0 Å². The molecule has 2 rings (SSSR count). The quantitative estimate of drug-likeness (QED) is 0.714. The minimum absolute atomic E-state index is 0.371. The summed E-state index contributed by atoms with van der Waals surface area (Å²) >= 11 is 0. The second kappa shape index (κ2) is 4.30. The number of carbonyl (C=O) groups excluding carboxylic acids is 1. The number of likely N-dealkylation sites (tertiary alicyclic amines) is 1. The van der Waals surface area contributed by atoms with Crippen molar-refractivity contribution >= 4 is 5.91 Å². The minimum atomic E-state index is 0.371. The van der Waals surface area contributed by atoms with Gasteiger partial charge in [-0.25, -0.2) is 0 Å². The number of nitrogens with zero attached hydrogens (tertiary/aromatic N) is 1. The fourth-order valence-corrected chi connectivity index (χ4v) is 2.50. The molecule has 1 atom stereocenters. The molecule has 0 aromatic rings. The van der Waals surface area contributed by atoms with Crippen LogP contribution in [-0.2, 0) is 4.79 Å². The number of nitrogens with one attached hydrogen (secondary N) is 1. The van der Waals surface area contributed by atoms with Crippen molar-refractivity contribution in [1.29, 1.82) is 0 Å². The van der Waals surface area contributed by atoms with Gasteiger partial charge in [-0.1, -0.05) is 0 Å². The minimum Gasteiger partial charge on any atom is -0.340 e. The van der Waals surface area contributed by atoms with Gasteiger partial charge in [-0.2, -0.15) is 0 Å². The number of rotatable bonds is 2. The van der Waals surface area contributed by atoms with Crippen molar-refractivity contribution < 1.29 is 4.79 Å². The molecule has 1 N–H and O–H groups in total. The summed E-state index contributed by atoms with van der Waals surface area (Å²) in [4.78, 5) is 13.7. The normalized spacial score (nSPS) is 29.9. The van der Waals surface area contributed by atoms with E-state index in [-0.39, 0.29) is 0 Å². The monoisotopic (exact) mass is 196 g/mol.